The first-order valence-electron chi connectivity index (χ1n) is 6.92. The number of benzene rings is 2. The van der Waals surface area contributed by atoms with E-state index in [-0.39, 0.29) is 18.8 Å². The van der Waals surface area contributed by atoms with Gasteiger partial charge in [-0.25, -0.2) is 0 Å². The maximum absolute atomic E-state index is 11.9. The molecule has 3 N–H and O–H groups in total. The molecule has 0 amide bonds. The van der Waals surface area contributed by atoms with Gasteiger partial charge in [0.05, 0.1) is 7.11 Å². The van der Waals surface area contributed by atoms with Crippen molar-refractivity contribution in [3.05, 3.63) is 59.7 Å². The van der Waals surface area contributed by atoms with Gasteiger partial charge in [0.1, 0.15) is 12.6 Å². The highest BCUT2D eigenvalue weighted by molar-refractivity contribution is 5.76. The van der Waals surface area contributed by atoms with Crippen LogP contribution in [0.25, 0.3) is 0 Å². The first-order valence-corrected chi connectivity index (χ1v) is 6.92. The molecule has 0 heterocycles. The maximum atomic E-state index is 11.9. The Balaban J connectivity index is 1.89. The molecule has 0 aliphatic carbocycles. The second-order valence-electron chi connectivity index (χ2n) is 4.91. The number of aromatic hydroxyl groups is 1. The molecule has 0 saturated carbocycles. The Morgan fingerprint density at radius 3 is 2.55 bits per heavy atom. The highest BCUT2D eigenvalue weighted by atomic mass is 16.5. The van der Waals surface area contributed by atoms with Crippen molar-refractivity contribution in [3.8, 4) is 11.5 Å². The van der Waals surface area contributed by atoms with Gasteiger partial charge >= 0.3 is 5.97 Å². The minimum absolute atomic E-state index is 0.0184. The standard InChI is InChI=1S/C17H19NO4/c1-21-16-8-7-13(10-15(16)19)9-14(18)17(20)22-11-12-5-3-2-4-6-12/h2-8,10,14,19H,9,11,18H2,1H3. The number of carbonyl (C=O) groups excluding carboxylic acids is 1. The van der Waals surface area contributed by atoms with Crippen LogP contribution >= 0.6 is 0 Å². The Hall–Kier alpha value is -2.53. The summed E-state index contributed by atoms with van der Waals surface area (Å²) in [6, 6.07) is 13.5. The van der Waals surface area contributed by atoms with Crippen LogP contribution in [0.3, 0.4) is 0 Å². The van der Waals surface area contributed by atoms with Gasteiger partial charge in [-0.2, -0.15) is 0 Å². The number of ether oxygens (including phenoxy) is 2. The van der Waals surface area contributed by atoms with E-state index in [9.17, 15) is 9.90 Å². The second-order valence-corrected chi connectivity index (χ2v) is 4.91. The van der Waals surface area contributed by atoms with Crippen molar-refractivity contribution < 1.29 is 19.4 Å². The molecule has 0 fully saturated rings. The summed E-state index contributed by atoms with van der Waals surface area (Å²) in [5, 5.41) is 9.71. The number of esters is 1. The lowest BCUT2D eigenvalue weighted by atomic mass is 10.1. The predicted octanol–water partition coefficient (Wildman–Crippen LogP) is 2.01. The van der Waals surface area contributed by atoms with Crippen LogP contribution in [-0.2, 0) is 22.6 Å². The topological polar surface area (TPSA) is 81.8 Å². The van der Waals surface area contributed by atoms with E-state index in [0.717, 1.165) is 11.1 Å². The van der Waals surface area contributed by atoms with Crippen LogP contribution in [0.15, 0.2) is 48.5 Å². The van der Waals surface area contributed by atoms with E-state index < -0.39 is 12.0 Å². The average Bonchev–Trinajstić information content (AvgIpc) is 2.53. The van der Waals surface area contributed by atoms with Gasteiger partial charge in [0.25, 0.3) is 0 Å². The first kappa shape index (κ1) is 15.9. The van der Waals surface area contributed by atoms with Crippen LogP contribution in [0.1, 0.15) is 11.1 Å². The summed E-state index contributed by atoms with van der Waals surface area (Å²) in [5.74, 6) is -0.0759. The minimum Gasteiger partial charge on any atom is -0.504 e. The molecule has 2 rings (SSSR count). The zero-order valence-corrected chi connectivity index (χ0v) is 12.4. The molecule has 5 heteroatoms. The van der Waals surface area contributed by atoms with Crippen LogP contribution in [0.4, 0.5) is 0 Å². The van der Waals surface area contributed by atoms with Crippen LogP contribution in [0, 0.1) is 0 Å². The largest absolute Gasteiger partial charge is 0.504 e. The molecule has 0 aromatic heterocycles. The van der Waals surface area contributed by atoms with Gasteiger partial charge in [0, 0.05) is 0 Å². The second kappa shape index (κ2) is 7.47. The van der Waals surface area contributed by atoms with Crippen molar-refractivity contribution in [2.24, 2.45) is 5.73 Å². The fourth-order valence-corrected chi connectivity index (χ4v) is 2.04. The number of hydrogen-bond donors (Lipinski definition) is 2. The molecule has 5 nitrogen and oxygen atoms in total. The van der Waals surface area contributed by atoms with E-state index in [0.29, 0.717) is 5.75 Å². The number of phenolic OH excluding ortho intramolecular Hbond substituents is 1. The number of phenols is 1. The molecule has 0 spiro atoms. The van der Waals surface area contributed by atoms with E-state index in [1.165, 1.54) is 13.2 Å². The molecule has 2 aromatic carbocycles. The van der Waals surface area contributed by atoms with Gasteiger partial charge < -0.3 is 20.3 Å². The predicted molar refractivity (Wildman–Crippen MR) is 82.6 cm³/mol. The Morgan fingerprint density at radius 2 is 1.91 bits per heavy atom. The molecule has 0 saturated heterocycles. The molecule has 0 aliphatic heterocycles. The van der Waals surface area contributed by atoms with Crippen LogP contribution in [-0.4, -0.2) is 24.2 Å². The van der Waals surface area contributed by atoms with Gasteiger partial charge in [-0.15, -0.1) is 0 Å². The fourth-order valence-electron chi connectivity index (χ4n) is 2.04. The van der Waals surface area contributed by atoms with Crippen LogP contribution in [0.2, 0.25) is 0 Å². The van der Waals surface area contributed by atoms with E-state index in [1.807, 2.05) is 30.3 Å². The minimum atomic E-state index is -0.781. The monoisotopic (exact) mass is 301 g/mol. The normalized spacial score (nSPS) is 11.7. The quantitative estimate of drug-likeness (QED) is 0.798. The van der Waals surface area contributed by atoms with Gasteiger partial charge in [-0.05, 0) is 29.7 Å². The zero-order chi connectivity index (χ0) is 15.9. The summed E-state index contributed by atoms with van der Waals surface area (Å²) < 4.78 is 10.2. The Kier molecular flexibility index (Phi) is 5.38. The smallest absolute Gasteiger partial charge is 0.323 e. The fraction of sp³-hybridized carbons (Fsp3) is 0.235. The summed E-state index contributed by atoms with van der Waals surface area (Å²) in [4.78, 5) is 11.9. The lowest BCUT2D eigenvalue weighted by Gasteiger charge is -2.12. The Bertz CT molecular complexity index is 628. The molecular formula is C17H19NO4. The summed E-state index contributed by atoms with van der Waals surface area (Å²) in [6.45, 7) is 0.196. The van der Waals surface area contributed by atoms with Crippen LogP contribution in [0.5, 0.6) is 11.5 Å². The van der Waals surface area contributed by atoms with Gasteiger partial charge in [0.2, 0.25) is 0 Å². The van der Waals surface area contributed by atoms with Crippen molar-refractivity contribution >= 4 is 5.97 Å². The van der Waals surface area contributed by atoms with E-state index in [1.54, 1.807) is 12.1 Å². The van der Waals surface area contributed by atoms with Gasteiger partial charge in [-0.1, -0.05) is 36.4 Å². The van der Waals surface area contributed by atoms with E-state index >= 15 is 0 Å². The number of nitrogens with two attached hydrogens (primary N) is 1. The molecule has 0 bridgehead atoms. The molecular weight excluding hydrogens is 282 g/mol. The lowest BCUT2D eigenvalue weighted by Crippen LogP contribution is -2.34. The van der Waals surface area contributed by atoms with E-state index in [2.05, 4.69) is 0 Å². The summed E-state index contributed by atoms with van der Waals surface area (Å²) >= 11 is 0. The maximum Gasteiger partial charge on any atom is 0.323 e. The van der Waals surface area contributed by atoms with Gasteiger partial charge in [0.15, 0.2) is 11.5 Å². The average molecular weight is 301 g/mol. The summed E-state index contributed by atoms with van der Waals surface area (Å²) in [5.41, 5.74) is 7.49. The third-order valence-electron chi connectivity index (χ3n) is 3.23. The third-order valence-corrected chi connectivity index (χ3v) is 3.23. The van der Waals surface area contributed by atoms with Crippen molar-refractivity contribution in [2.45, 2.75) is 19.1 Å². The molecule has 0 aliphatic rings. The summed E-state index contributed by atoms with van der Waals surface area (Å²) in [6.07, 6.45) is 0.283. The molecule has 116 valence electrons. The molecule has 2 aromatic rings. The number of hydrogen-bond acceptors (Lipinski definition) is 5. The van der Waals surface area contributed by atoms with Gasteiger partial charge in [-0.3, -0.25) is 4.79 Å². The molecule has 22 heavy (non-hydrogen) atoms. The highest BCUT2D eigenvalue weighted by Gasteiger charge is 2.16. The highest BCUT2D eigenvalue weighted by Crippen LogP contribution is 2.26. The molecule has 1 unspecified atom stereocenters. The van der Waals surface area contributed by atoms with Crippen molar-refractivity contribution in [3.63, 3.8) is 0 Å². The zero-order valence-electron chi connectivity index (χ0n) is 12.4. The number of carbonyl (C=O) groups is 1. The Labute approximate surface area is 129 Å². The van der Waals surface area contributed by atoms with E-state index in [4.69, 9.17) is 15.2 Å². The third kappa shape index (κ3) is 4.23. The number of methoxy groups -OCH3 is 1. The molecule has 1 atom stereocenters. The van der Waals surface area contributed by atoms with Crippen LogP contribution < -0.4 is 10.5 Å². The first-order chi connectivity index (χ1) is 10.6. The van der Waals surface area contributed by atoms with Crippen molar-refractivity contribution in [2.75, 3.05) is 7.11 Å². The summed E-state index contributed by atoms with van der Waals surface area (Å²) in [7, 11) is 1.47. The Morgan fingerprint density at radius 1 is 1.18 bits per heavy atom. The lowest BCUT2D eigenvalue weighted by molar-refractivity contribution is -0.146. The SMILES string of the molecule is COc1ccc(CC(N)C(=O)OCc2ccccc2)cc1O. The van der Waals surface area contributed by atoms with Crippen molar-refractivity contribution in [1.29, 1.82) is 0 Å². The molecule has 0 radical (unpaired) electrons. The van der Waals surface area contributed by atoms with Crippen molar-refractivity contribution in [1.82, 2.24) is 0 Å². The number of rotatable bonds is 6.